The molecule has 0 aromatic heterocycles. The lowest BCUT2D eigenvalue weighted by Crippen LogP contribution is -2.39. The summed E-state index contributed by atoms with van der Waals surface area (Å²) in [6.45, 7) is 4.09. The molecule has 0 bridgehead atoms. The van der Waals surface area contributed by atoms with Gasteiger partial charge in [-0.2, -0.15) is 0 Å². The molecular weight excluding hydrogens is 424 g/mol. The van der Waals surface area contributed by atoms with Crippen LogP contribution >= 0.6 is 11.6 Å². The van der Waals surface area contributed by atoms with Gasteiger partial charge in [-0.05, 0) is 30.5 Å². The van der Waals surface area contributed by atoms with Gasteiger partial charge in [-0.1, -0.05) is 103 Å². The lowest BCUT2D eigenvalue weighted by molar-refractivity contribution is -0.187. The fourth-order valence-corrected chi connectivity index (χ4v) is 5.07. The van der Waals surface area contributed by atoms with Crippen molar-refractivity contribution in [3.8, 4) is 0 Å². The summed E-state index contributed by atoms with van der Waals surface area (Å²) in [4.78, 5) is 0. The van der Waals surface area contributed by atoms with Crippen LogP contribution in [0.1, 0.15) is 30.5 Å². The normalized spacial score (nSPS) is 26.7. The molecule has 4 atom stereocenters. The third-order valence-corrected chi connectivity index (χ3v) is 6.45. The minimum absolute atomic E-state index is 0.285. The van der Waals surface area contributed by atoms with E-state index in [1.807, 2.05) is 68.4 Å². The van der Waals surface area contributed by atoms with Crippen molar-refractivity contribution in [2.75, 3.05) is 6.61 Å². The van der Waals surface area contributed by atoms with Gasteiger partial charge in [0.2, 0.25) is 0 Å². The van der Waals surface area contributed by atoms with Crippen LogP contribution in [-0.2, 0) is 24.5 Å². The van der Waals surface area contributed by atoms with Crippen LogP contribution in [0.25, 0.3) is 0 Å². The Morgan fingerprint density at radius 3 is 1.66 bits per heavy atom. The van der Waals surface area contributed by atoms with Crippen molar-refractivity contribution < 1.29 is 18.9 Å². The number of rotatable bonds is 6. The van der Waals surface area contributed by atoms with Crippen molar-refractivity contribution in [3.63, 3.8) is 0 Å². The molecule has 3 aromatic carbocycles. The summed E-state index contributed by atoms with van der Waals surface area (Å²) in [6.07, 6.45) is -0.952. The predicted molar refractivity (Wildman–Crippen MR) is 123 cm³/mol. The summed E-state index contributed by atoms with van der Waals surface area (Å²) >= 11 is 6.45. The van der Waals surface area contributed by atoms with E-state index < -0.39 is 17.0 Å². The Balaban J connectivity index is 1.55. The average Bonchev–Trinajstić information content (AvgIpc) is 3.29. The quantitative estimate of drug-likeness (QED) is 0.368. The van der Waals surface area contributed by atoms with Gasteiger partial charge in [0.1, 0.15) is 23.9 Å². The Bertz CT molecular complexity index is 929. The monoisotopic (exact) mass is 450 g/mol. The Labute approximate surface area is 194 Å². The Hall–Kier alpha value is -2.21. The van der Waals surface area contributed by atoms with Crippen molar-refractivity contribution in [1.82, 2.24) is 0 Å². The van der Waals surface area contributed by atoms with E-state index in [-0.39, 0.29) is 18.3 Å². The lowest BCUT2D eigenvalue weighted by atomic mass is 9.80. The minimum Gasteiger partial charge on any atom is -0.358 e. The van der Waals surface area contributed by atoms with Gasteiger partial charge >= 0.3 is 0 Å². The van der Waals surface area contributed by atoms with Gasteiger partial charge in [0, 0.05) is 0 Å². The van der Waals surface area contributed by atoms with Crippen molar-refractivity contribution in [1.29, 1.82) is 0 Å². The van der Waals surface area contributed by atoms with Gasteiger partial charge in [-0.3, -0.25) is 0 Å². The molecule has 4 nitrogen and oxygen atoms in total. The molecule has 0 N–H and O–H groups in total. The van der Waals surface area contributed by atoms with E-state index in [0.29, 0.717) is 6.61 Å². The first-order valence-corrected chi connectivity index (χ1v) is 11.4. The number of ether oxygens (including phenoxy) is 4. The van der Waals surface area contributed by atoms with Crippen LogP contribution < -0.4 is 0 Å². The van der Waals surface area contributed by atoms with E-state index in [2.05, 4.69) is 36.4 Å². The molecule has 2 fully saturated rings. The molecule has 0 spiro atoms. The lowest BCUT2D eigenvalue weighted by Gasteiger charge is -2.37. The number of alkyl halides is 1. The highest BCUT2D eigenvalue weighted by Gasteiger charge is 2.55. The minimum atomic E-state index is -0.817. The molecule has 0 aliphatic carbocycles. The Kier molecular flexibility index (Phi) is 5.82. The van der Waals surface area contributed by atoms with Gasteiger partial charge in [-0.15, -0.1) is 0 Å². The summed E-state index contributed by atoms with van der Waals surface area (Å²) in [6, 6.07) is 30.8. The molecule has 0 saturated carbocycles. The maximum atomic E-state index is 6.88. The molecule has 2 heterocycles. The summed E-state index contributed by atoms with van der Waals surface area (Å²) in [5.41, 5.74) is 1.73. The predicted octanol–water partition coefficient (Wildman–Crippen LogP) is 5.48. The zero-order valence-corrected chi connectivity index (χ0v) is 18.9. The van der Waals surface area contributed by atoms with Crippen LogP contribution in [0, 0.1) is 0 Å². The fourth-order valence-electron chi connectivity index (χ4n) is 4.74. The topological polar surface area (TPSA) is 36.9 Å². The van der Waals surface area contributed by atoms with Crippen LogP contribution in [0.2, 0.25) is 0 Å². The number of hydrogen-bond donors (Lipinski definition) is 0. The number of hydrogen-bond acceptors (Lipinski definition) is 4. The summed E-state index contributed by atoms with van der Waals surface area (Å²) < 4.78 is 25.0. The number of fused-ring (bicyclic) bond motifs is 1. The molecule has 2 aliphatic heterocycles. The van der Waals surface area contributed by atoms with E-state index in [0.717, 1.165) is 16.7 Å². The molecule has 2 saturated heterocycles. The third-order valence-electron chi connectivity index (χ3n) is 6.10. The molecule has 166 valence electrons. The summed E-state index contributed by atoms with van der Waals surface area (Å²) in [5, 5.41) is 0. The van der Waals surface area contributed by atoms with Crippen molar-refractivity contribution >= 4 is 11.6 Å². The maximum absolute atomic E-state index is 6.88. The summed E-state index contributed by atoms with van der Waals surface area (Å²) in [5.74, 6) is -0.695. The van der Waals surface area contributed by atoms with Crippen LogP contribution in [0.15, 0.2) is 91.0 Å². The average molecular weight is 451 g/mol. The first-order chi connectivity index (χ1) is 15.5. The van der Waals surface area contributed by atoms with Gasteiger partial charge in [0.15, 0.2) is 11.4 Å². The second kappa shape index (κ2) is 8.62. The SMILES string of the molecule is CC1(C)O[C@H]2[C@@H](COC(c3ccccc3)(c3ccccc3)c3ccccc3)OC(Cl)[C@@H]2O1. The number of halogens is 1. The molecule has 5 heteroatoms. The Morgan fingerprint density at radius 2 is 1.19 bits per heavy atom. The molecule has 32 heavy (non-hydrogen) atoms. The molecule has 0 radical (unpaired) electrons. The zero-order chi connectivity index (χ0) is 22.2. The summed E-state index contributed by atoms with van der Waals surface area (Å²) in [7, 11) is 0. The molecule has 5 rings (SSSR count). The van der Waals surface area contributed by atoms with Crippen LogP contribution in [0.5, 0.6) is 0 Å². The van der Waals surface area contributed by atoms with Crippen LogP contribution in [-0.4, -0.2) is 36.3 Å². The first-order valence-electron chi connectivity index (χ1n) is 11.0. The maximum Gasteiger partial charge on any atom is 0.164 e. The molecular formula is C27H27ClO4. The van der Waals surface area contributed by atoms with Crippen LogP contribution in [0.3, 0.4) is 0 Å². The van der Waals surface area contributed by atoms with E-state index >= 15 is 0 Å². The van der Waals surface area contributed by atoms with Gasteiger partial charge < -0.3 is 18.9 Å². The fraction of sp³-hybridized carbons (Fsp3) is 0.333. The van der Waals surface area contributed by atoms with E-state index in [4.69, 9.17) is 30.5 Å². The molecule has 1 unspecified atom stereocenters. The Morgan fingerprint density at radius 1 is 0.750 bits per heavy atom. The van der Waals surface area contributed by atoms with E-state index in [9.17, 15) is 0 Å². The van der Waals surface area contributed by atoms with E-state index in [1.165, 1.54) is 0 Å². The van der Waals surface area contributed by atoms with Crippen molar-refractivity contribution in [2.45, 2.75) is 49.1 Å². The second-order valence-electron chi connectivity index (χ2n) is 8.68. The standard InChI is InChI=1S/C27H27ClO4/c1-26(2)31-23-22(30-25(28)24(23)32-26)18-29-27(19-12-6-3-7-13-19,20-14-8-4-9-15-20)21-16-10-5-11-17-21/h3-17,22-25H,18H2,1-2H3/t22-,23+,24-,25?/m1/s1. The highest BCUT2D eigenvalue weighted by molar-refractivity contribution is 6.20. The molecule has 3 aromatic rings. The van der Waals surface area contributed by atoms with Gasteiger partial charge in [-0.25, -0.2) is 0 Å². The smallest absolute Gasteiger partial charge is 0.164 e. The second-order valence-corrected chi connectivity index (χ2v) is 9.11. The van der Waals surface area contributed by atoms with E-state index in [1.54, 1.807) is 0 Å². The largest absolute Gasteiger partial charge is 0.358 e. The van der Waals surface area contributed by atoms with Crippen LogP contribution in [0.4, 0.5) is 0 Å². The highest BCUT2D eigenvalue weighted by Crippen LogP contribution is 2.44. The zero-order valence-electron chi connectivity index (χ0n) is 18.2. The number of benzene rings is 3. The highest BCUT2D eigenvalue weighted by atomic mass is 35.5. The van der Waals surface area contributed by atoms with Gasteiger partial charge in [0.25, 0.3) is 0 Å². The van der Waals surface area contributed by atoms with Crippen molar-refractivity contribution in [2.24, 2.45) is 0 Å². The molecule has 0 amide bonds. The molecule has 2 aliphatic rings. The van der Waals surface area contributed by atoms with Gasteiger partial charge in [0.05, 0.1) is 6.61 Å². The van der Waals surface area contributed by atoms with Crippen molar-refractivity contribution in [3.05, 3.63) is 108 Å². The first kappa shape index (κ1) is 21.6. The third kappa shape index (κ3) is 3.87.